The quantitative estimate of drug-likeness (QED) is 0.355. The molecule has 35 heavy (non-hydrogen) atoms. The summed E-state index contributed by atoms with van der Waals surface area (Å²) in [6.45, 7) is 2.35. The summed E-state index contributed by atoms with van der Waals surface area (Å²) in [6, 6.07) is 16.2. The van der Waals surface area contributed by atoms with Crippen LogP contribution in [0.4, 0.5) is 10.1 Å². The van der Waals surface area contributed by atoms with Gasteiger partial charge in [0.25, 0.3) is 0 Å². The standard InChI is InChI=1S/C27H31FN4O2S/c1-18(22-15-19-12-13-20(22)14-19)32-25(16-34-24-11-7-6-10-23(24)28)29-30-27(32)35-17-26(33)31(2)21-8-4-3-5-9-21/h3-11,18-20,22H,12-17H2,1-2H3/t18-,19+,20+,22+/m0/s1. The molecule has 0 saturated heterocycles. The van der Waals surface area contributed by atoms with Crippen LogP contribution >= 0.6 is 11.8 Å². The molecule has 8 heteroatoms. The Labute approximate surface area is 209 Å². The lowest BCUT2D eigenvalue weighted by Crippen LogP contribution is -2.28. The van der Waals surface area contributed by atoms with Crippen LogP contribution in [0.25, 0.3) is 0 Å². The number of carbonyl (C=O) groups excluding carboxylic acids is 1. The molecule has 4 atom stereocenters. The van der Waals surface area contributed by atoms with Gasteiger partial charge in [0, 0.05) is 18.8 Å². The monoisotopic (exact) mass is 494 g/mol. The molecule has 0 unspecified atom stereocenters. The van der Waals surface area contributed by atoms with Crippen molar-refractivity contribution in [3.05, 3.63) is 66.2 Å². The summed E-state index contributed by atoms with van der Waals surface area (Å²) in [6.07, 6.45) is 5.14. The predicted molar refractivity (Wildman–Crippen MR) is 135 cm³/mol. The number of hydrogen-bond acceptors (Lipinski definition) is 5. The van der Waals surface area contributed by atoms with E-state index in [9.17, 15) is 9.18 Å². The Morgan fingerprint density at radius 2 is 1.91 bits per heavy atom. The molecule has 2 aliphatic carbocycles. The van der Waals surface area contributed by atoms with Crippen molar-refractivity contribution < 1.29 is 13.9 Å². The first-order valence-electron chi connectivity index (χ1n) is 12.3. The maximum atomic E-state index is 14.1. The first kappa shape index (κ1) is 23.9. The van der Waals surface area contributed by atoms with E-state index < -0.39 is 5.82 Å². The molecule has 184 valence electrons. The van der Waals surface area contributed by atoms with Crippen LogP contribution in [0, 0.1) is 23.6 Å². The number of carbonyl (C=O) groups is 1. The molecule has 2 saturated carbocycles. The minimum Gasteiger partial charge on any atom is -0.483 e. The third-order valence-electron chi connectivity index (χ3n) is 7.59. The number of nitrogens with zero attached hydrogens (tertiary/aromatic N) is 4. The fourth-order valence-corrected chi connectivity index (χ4v) is 6.67. The summed E-state index contributed by atoms with van der Waals surface area (Å²) < 4.78 is 22.0. The van der Waals surface area contributed by atoms with Crippen molar-refractivity contribution in [3.63, 3.8) is 0 Å². The van der Waals surface area contributed by atoms with Crippen LogP contribution in [0.3, 0.4) is 0 Å². The summed E-state index contributed by atoms with van der Waals surface area (Å²) in [4.78, 5) is 14.6. The molecular formula is C27H31FN4O2S. The molecule has 0 aliphatic heterocycles. The Kier molecular flexibility index (Phi) is 7.09. The fraction of sp³-hybridized carbons (Fsp3) is 0.444. The first-order valence-corrected chi connectivity index (χ1v) is 13.3. The van der Waals surface area contributed by atoms with E-state index >= 15 is 0 Å². The lowest BCUT2D eigenvalue weighted by molar-refractivity contribution is -0.115. The Morgan fingerprint density at radius 1 is 1.14 bits per heavy atom. The number of halogens is 1. The van der Waals surface area contributed by atoms with Crippen LogP contribution < -0.4 is 9.64 Å². The maximum absolute atomic E-state index is 14.1. The minimum absolute atomic E-state index is 0.00696. The zero-order chi connectivity index (χ0) is 24.4. The Morgan fingerprint density at radius 3 is 2.63 bits per heavy atom. The summed E-state index contributed by atoms with van der Waals surface area (Å²) >= 11 is 1.40. The van der Waals surface area contributed by atoms with Gasteiger partial charge in [-0.1, -0.05) is 48.5 Å². The maximum Gasteiger partial charge on any atom is 0.237 e. The van der Waals surface area contributed by atoms with Gasteiger partial charge in [-0.15, -0.1) is 10.2 Å². The highest BCUT2D eigenvalue weighted by Crippen LogP contribution is 2.52. The van der Waals surface area contributed by atoms with Crippen molar-refractivity contribution >= 4 is 23.4 Å². The lowest BCUT2D eigenvalue weighted by atomic mass is 9.84. The molecule has 2 bridgehead atoms. The molecule has 1 aromatic heterocycles. The molecule has 0 N–H and O–H groups in total. The van der Waals surface area contributed by atoms with Gasteiger partial charge in [-0.3, -0.25) is 9.36 Å². The number of hydrogen-bond donors (Lipinski definition) is 0. The van der Waals surface area contributed by atoms with Crippen LogP contribution in [0.5, 0.6) is 5.75 Å². The first-order chi connectivity index (χ1) is 17.0. The summed E-state index contributed by atoms with van der Waals surface area (Å²) in [5.74, 6) is 2.80. The second kappa shape index (κ2) is 10.4. The van der Waals surface area contributed by atoms with Crippen molar-refractivity contribution in [2.24, 2.45) is 17.8 Å². The molecule has 5 rings (SSSR count). The van der Waals surface area contributed by atoms with Crippen molar-refractivity contribution in [3.8, 4) is 5.75 Å². The van der Waals surface area contributed by atoms with E-state index in [0.29, 0.717) is 16.9 Å². The molecule has 2 aromatic carbocycles. The molecule has 0 radical (unpaired) electrons. The zero-order valence-corrected chi connectivity index (χ0v) is 21.0. The second-order valence-corrected chi connectivity index (χ2v) is 10.6. The van der Waals surface area contributed by atoms with E-state index in [0.717, 1.165) is 17.5 Å². The van der Waals surface area contributed by atoms with E-state index in [1.54, 1.807) is 30.1 Å². The molecule has 3 aromatic rings. The Hall–Kier alpha value is -2.87. The third-order valence-corrected chi connectivity index (χ3v) is 8.52. The predicted octanol–water partition coefficient (Wildman–Crippen LogP) is 5.75. The smallest absolute Gasteiger partial charge is 0.237 e. The van der Waals surface area contributed by atoms with Gasteiger partial charge in [-0.05, 0) is 68.2 Å². The van der Waals surface area contributed by atoms with E-state index in [1.165, 1.54) is 43.5 Å². The number of ether oxygens (including phenoxy) is 1. The third kappa shape index (κ3) is 5.08. The van der Waals surface area contributed by atoms with Crippen LogP contribution in [0.1, 0.15) is 44.5 Å². The summed E-state index contributed by atoms with van der Waals surface area (Å²) in [5.41, 5.74) is 0.855. The highest BCUT2D eigenvalue weighted by molar-refractivity contribution is 7.99. The topological polar surface area (TPSA) is 60.2 Å². The normalized spacial score (nSPS) is 21.7. The molecule has 1 heterocycles. The van der Waals surface area contributed by atoms with Crippen LogP contribution in [0.2, 0.25) is 0 Å². The lowest BCUT2D eigenvalue weighted by Gasteiger charge is -2.30. The van der Waals surface area contributed by atoms with Gasteiger partial charge in [0.15, 0.2) is 22.5 Å². The summed E-state index contributed by atoms with van der Waals surface area (Å²) in [7, 11) is 1.79. The molecule has 2 fully saturated rings. The molecular weight excluding hydrogens is 463 g/mol. The number of aromatic nitrogens is 3. The average Bonchev–Trinajstić information content (AvgIpc) is 3.62. The van der Waals surface area contributed by atoms with Gasteiger partial charge in [-0.25, -0.2) is 4.39 Å². The number of benzene rings is 2. The van der Waals surface area contributed by atoms with Gasteiger partial charge < -0.3 is 9.64 Å². The zero-order valence-electron chi connectivity index (χ0n) is 20.1. The minimum atomic E-state index is -0.399. The van der Waals surface area contributed by atoms with E-state index in [-0.39, 0.29) is 30.1 Å². The Bertz CT molecular complexity index is 1170. The molecule has 6 nitrogen and oxygen atoms in total. The van der Waals surface area contributed by atoms with Crippen LogP contribution in [-0.4, -0.2) is 33.5 Å². The number of amides is 1. The van der Waals surface area contributed by atoms with Crippen LogP contribution in [-0.2, 0) is 11.4 Å². The fourth-order valence-electron chi connectivity index (χ4n) is 5.71. The highest BCUT2D eigenvalue weighted by Gasteiger charge is 2.43. The van der Waals surface area contributed by atoms with Gasteiger partial charge in [-0.2, -0.15) is 0 Å². The van der Waals surface area contributed by atoms with E-state index in [2.05, 4.69) is 21.7 Å². The number of thioether (sulfide) groups is 1. The number of fused-ring (bicyclic) bond motifs is 2. The number of anilines is 1. The van der Waals surface area contributed by atoms with Gasteiger partial charge in [0.2, 0.25) is 5.91 Å². The largest absolute Gasteiger partial charge is 0.483 e. The van der Waals surface area contributed by atoms with Gasteiger partial charge in [0.1, 0.15) is 6.61 Å². The highest BCUT2D eigenvalue weighted by atomic mass is 32.2. The van der Waals surface area contributed by atoms with E-state index in [1.807, 2.05) is 30.3 Å². The van der Waals surface area contributed by atoms with E-state index in [4.69, 9.17) is 4.74 Å². The average molecular weight is 495 g/mol. The Balaban J connectivity index is 1.34. The number of para-hydroxylation sites is 2. The molecule has 1 amide bonds. The molecule has 0 spiro atoms. The molecule has 2 aliphatic rings. The van der Waals surface area contributed by atoms with Crippen molar-refractivity contribution in [2.45, 2.75) is 50.4 Å². The van der Waals surface area contributed by atoms with Gasteiger partial charge >= 0.3 is 0 Å². The second-order valence-electron chi connectivity index (χ2n) is 9.64. The van der Waals surface area contributed by atoms with Crippen molar-refractivity contribution in [1.29, 1.82) is 0 Å². The van der Waals surface area contributed by atoms with Crippen molar-refractivity contribution in [1.82, 2.24) is 14.8 Å². The van der Waals surface area contributed by atoms with Crippen molar-refractivity contribution in [2.75, 3.05) is 17.7 Å². The number of rotatable bonds is 9. The summed E-state index contributed by atoms with van der Waals surface area (Å²) in [5, 5.41) is 9.57. The van der Waals surface area contributed by atoms with Crippen LogP contribution in [0.15, 0.2) is 59.8 Å². The SMILES string of the molecule is C[C@@H]([C@H]1C[C@@H]2CC[C@@H]1C2)n1c(COc2ccccc2F)nnc1SCC(=O)N(C)c1ccccc1. The van der Waals surface area contributed by atoms with Gasteiger partial charge in [0.05, 0.1) is 5.75 Å².